The molecule has 2 aromatic heterocycles. The second-order valence-electron chi connectivity index (χ2n) is 4.10. The number of hydrogen-bond acceptors (Lipinski definition) is 3. The first-order chi connectivity index (χ1) is 8.31. The molecule has 0 radical (unpaired) electrons. The van der Waals surface area contributed by atoms with Crippen molar-refractivity contribution in [1.82, 2.24) is 14.5 Å². The first-order valence-corrected chi connectivity index (χ1v) is 5.97. The van der Waals surface area contributed by atoms with Gasteiger partial charge in [-0.2, -0.15) is 0 Å². The van der Waals surface area contributed by atoms with E-state index < -0.39 is 0 Å². The van der Waals surface area contributed by atoms with Crippen molar-refractivity contribution in [1.29, 1.82) is 0 Å². The Balaban J connectivity index is 2.08. The molecule has 0 aliphatic heterocycles. The van der Waals surface area contributed by atoms with Gasteiger partial charge in [0.2, 0.25) is 0 Å². The van der Waals surface area contributed by atoms with Crippen LogP contribution in [-0.2, 0) is 13.0 Å². The molecule has 2 heterocycles. The lowest BCUT2D eigenvalue weighted by molar-refractivity contribution is 0.592. The molecule has 90 valence electrons. The van der Waals surface area contributed by atoms with Crippen molar-refractivity contribution in [2.75, 3.05) is 0 Å². The molecule has 0 bridgehead atoms. The standard InChI is InChI=1S/C13H18N4/c1-2-8-17-9-7-16-13(17)10-11(14)12-5-3-4-6-15-12/h3-7,9,11H,2,8,10,14H2,1H3. The van der Waals surface area contributed by atoms with Crippen molar-refractivity contribution in [3.8, 4) is 0 Å². The zero-order chi connectivity index (χ0) is 12.1. The summed E-state index contributed by atoms with van der Waals surface area (Å²) in [6.07, 6.45) is 7.43. The highest BCUT2D eigenvalue weighted by atomic mass is 15.1. The van der Waals surface area contributed by atoms with Gasteiger partial charge in [-0.05, 0) is 18.6 Å². The molecular weight excluding hydrogens is 212 g/mol. The van der Waals surface area contributed by atoms with Crippen molar-refractivity contribution in [3.63, 3.8) is 0 Å². The highest BCUT2D eigenvalue weighted by Gasteiger charge is 2.11. The van der Waals surface area contributed by atoms with Crippen LogP contribution in [-0.4, -0.2) is 14.5 Å². The van der Waals surface area contributed by atoms with E-state index in [1.165, 1.54) is 0 Å². The summed E-state index contributed by atoms with van der Waals surface area (Å²) in [7, 11) is 0. The van der Waals surface area contributed by atoms with Crippen molar-refractivity contribution in [3.05, 3.63) is 48.3 Å². The molecule has 2 rings (SSSR count). The molecule has 1 unspecified atom stereocenters. The van der Waals surface area contributed by atoms with Gasteiger partial charge in [0.25, 0.3) is 0 Å². The number of rotatable bonds is 5. The van der Waals surface area contributed by atoms with E-state index in [4.69, 9.17) is 5.73 Å². The van der Waals surface area contributed by atoms with Crippen molar-refractivity contribution < 1.29 is 0 Å². The van der Waals surface area contributed by atoms with Crippen LogP contribution in [0.3, 0.4) is 0 Å². The maximum atomic E-state index is 6.14. The van der Waals surface area contributed by atoms with Crippen LogP contribution in [0.5, 0.6) is 0 Å². The van der Waals surface area contributed by atoms with Gasteiger partial charge in [0.05, 0.1) is 11.7 Å². The Hall–Kier alpha value is -1.68. The lowest BCUT2D eigenvalue weighted by Crippen LogP contribution is -2.17. The van der Waals surface area contributed by atoms with Gasteiger partial charge in [0.15, 0.2) is 0 Å². The van der Waals surface area contributed by atoms with Crippen LogP contribution in [0.4, 0.5) is 0 Å². The maximum Gasteiger partial charge on any atom is 0.110 e. The van der Waals surface area contributed by atoms with Gasteiger partial charge in [0, 0.05) is 31.6 Å². The van der Waals surface area contributed by atoms with Crippen LogP contribution in [0.2, 0.25) is 0 Å². The molecule has 0 fully saturated rings. The number of nitrogens with zero attached hydrogens (tertiary/aromatic N) is 3. The SMILES string of the molecule is CCCn1ccnc1CC(N)c1ccccn1. The summed E-state index contributed by atoms with van der Waals surface area (Å²) in [5.41, 5.74) is 7.05. The second-order valence-corrected chi connectivity index (χ2v) is 4.10. The highest BCUT2D eigenvalue weighted by molar-refractivity contribution is 5.10. The van der Waals surface area contributed by atoms with Crippen molar-refractivity contribution >= 4 is 0 Å². The van der Waals surface area contributed by atoms with Crippen LogP contribution in [0.15, 0.2) is 36.8 Å². The van der Waals surface area contributed by atoms with Gasteiger partial charge in [-0.1, -0.05) is 13.0 Å². The maximum absolute atomic E-state index is 6.14. The van der Waals surface area contributed by atoms with E-state index in [1.54, 1.807) is 6.20 Å². The summed E-state index contributed by atoms with van der Waals surface area (Å²) in [6.45, 7) is 3.15. The molecule has 2 aromatic rings. The topological polar surface area (TPSA) is 56.7 Å². The minimum Gasteiger partial charge on any atom is -0.335 e. The highest BCUT2D eigenvalue weighted by Crippen LogP contribution is 2.12. The molecule has 0 amide bonds. The van der Waals surface area contributed by atoms with E-state index >= 15 is 0 Å². The van der Waals surface area contributed by atoms with Crippen LogP contribution >= 0.6 is 0 Å². The molecule has 4 nitrogen and oxygen atoms in total. The largest absolute Gasteiger partial charge is 0.335 e. The third-order valence-corrected chi connectivity index (χ3v) is 2.74. The molecule has 0 aromatic carbocycles. The summed E-state index contributed by atoms with van der Waals surface area (Å²) >= 11 is 0. The van der Waals surface area contributed by atoms with Gasteiger partial charge in [-0.15, -0.1) is 0 Å². The van der Waals surface area contributed by atoms with Gasteiger partial charge in [-0.3, -0.25) is 4.98 Å². The zero-order valence-corrected chi connectivity index (χ0v) is 10.1. The van der Waals surface area contributed by atoms with E-state index in [1.807, 2.05) is 30.6 Å². The van der Waals surface area contributed by atoms with Crippen LogP contribution in [0, 0.1) is 0 Å². The molecule has 0 aliphatic carbocycles. The number of aromatic nitrogens is 3. The predicted molar refractivity (Wildman–Crippen MR) is 67.4 cm³/mol. The normalized spacial score (nSPS) is 12.6. The molecule has 0 saturated heterocycles. The molecular formula is C13H18N4. The summed E-state index contributed by atoms with van der Waals surface area (Å²) in [5.74, 6) is 1.03. The number of imidazole rings is 1. The third-order valence-electron chi connectivity index (χ3n) is 2.74. The van der Waals surface area contributed by atoms with E-state index in [9.17, 15) is 0 Å². The number of pyridine rings is 1. The Kier molecular flexibility index (Phi) is 3.88. The summed E-state index contributed by atoms with van der Waals surface area (Å²) in [6, 6.07) is 5.72. The molecule has 4 heteroatoms. The van der Waals surface area contributed by atoms with Gasteiger partial charge in [0.1, 0.15) is 5.82 Å². The fraction of sp³-hybridized carbons (Fsp3) is 0.385. The first kappa shape index (κ1) is 11.8. The van der Waals surface area contributed by atoms with Gasteiger partial charge < -0.3 is 10.3 Å². The molecule has 2 N–H and O–H groups in total. The number of aryl methyl sites for hydroxylation is 1. The average Bonchev–Trinajstić information content (AvgIpc) is 2.78. The Bertz CT molecular complexity index is 449. The Labute approximate surface area is 102 Å². The molecule has 17 heavy (non-hydrogen) atoms. The average molecular weight is 230 g/mol. The first-order valence-electron chi connectivity index (χ1n) is 5.97. The molecule has 0 saturated carbocycles. The monoisotopic (exact) mass is 230 g/mol. The fourth-order valence-electron chi connectivity index (χ4n) is 1.87. The van der Waals surface area contributed by atoms with E-state index in [0.717, 1.165) is 30.9 Å². The van der Waals surface area contributed by atoms with Crippen molar-refractivity contribution in [2.45, 2.75) is 32.4 Å². The van der Waals surface area contributed by atoms with E-state index in [0.29, 0.717) is 0 Å². The minimum absolute atomic E-state index is 0.0887. The van der Waals surface area contributed by atoms with E-state index in [-0.39, 0.29) is 6.04 Å². The number of nitrogens with two attached hydrogens (primary N) is 1. The quantitative estimate of drug-likeness (QED) is 0.854. The minimum atomic E-state index is -0.0887. The molecule has 0 aliphatic rings. The van der Waals surface area contributed by atoms with Crippen LogP contribution < -0.4 is 5.73 Å². The Morgan fingerprint density at radius 2 is 2.18 bits per heavy atom. The lowest BCUT2D eigenvalue weighted by atomic mass is 10.1. The van der Waals surface area contributed by atoms with Gasteiger partial charge >= 0.3 is 0 Å². The summed E-state index contributed by atoms with van der Waals surface area (Å²) in [5, 5.41) is 0. The fourth-order valence-corrected chi connectivity index (χ4v) is 1.87. The number of hydrogen-bond donors (Lipinski definition) is 1. The van der Waals surface area contributed by atoms with E-state index in [2.05, 4.69) is 21.5 Å². The Morgan fingerprint density at radius 3 is 2.88 bits per heavy atom. The smallest absolute Gasteiger partial charge is 0.110 e. The zero-order valence-electron chi connectivity index (χ0n) is 10.1. The second kappa shape index (κ2) is 5.59. The lowest BCUT2D eigenvalue weighted by Gasteiger charge is -2.12. The predicted octanol–water partition coefficient (Wildman–Crippen LogP) is 1.93. The van der Waals surface area contributed by atoms with Crippen LogP contribution in [0.25, 0.3) is 0 Å². The molecule has 0 spiro atoms. The van der Waals surface area contributed by atoms with Crippen molar-refractivity contribution in [2.24, 2.45) is 5.73 Å². The molecule has 1 atom stereocenters. The van der Waals surface area contributed by atoms with Gasteiger partial charge in [-0.25, -0.2) is 4.98 Å². The van der Waals surface area contributed by atoms with Crippen LogP contribution in [0.1, 0.15) is 30.9 Å². The Morgan fingerprint density at radius 1 is 1.29 bits per heavy atom. The third kappa shape index (κ3) is 2.91. The summed E-state index contributed by atoms with van der Waals surface area (Å²) in [4.78, 5) is 8.63. The summed E-state index contributed by atoms with van der Waals surface area (Å²) < 4.78 is 2.16.